The molecule has 0 spiro atoms. The molecule has 0 radical (unpaired) electrons. The largest absolute Gasteiger partial charge is 0.384 e. The zero-order chi connectivity index (χ0) is 14.8. The van der Waals surface area contributed by atoms with Gasteiger partial charge < -0.3 is 10.3 Å². The Bertz CT molecular complexity index is 711. The first kappa shape index (κ1) is 19.8. The molecule has 0 aliphatic carbocycles. The van der Waals surface area contributed by atoms with Gasteiger partial charge in [0.15, 0.2) is 0 Å². The minimum atomic E-state index is 0. The van der Waals surface area contributed by atoms with Gasteiger partial charge in [0.25, 0.3) is 5.56 Å². The summed E-state index contributed by atoms with van der Waals surface area (Å²) in [5.41, 5.74) is 4.19. The van der Waals surface area contributed by atoms with E-state index < -0.39 is 0 Å². The van der Waals surface area contributed by atoms with Gasteiger partial charge in [-0.05, 0) is 37.6 Å². The van der Waals surface area contributed by atoms with Crippen LogP contribution in [0.25, 0.3) is 10.9 Å². The second-order valence-electron chi connectivity index (χ2n) is 5.68. The van der Waals surface area contributed by atoms with E-state index in [0.29, 0.717) is 0 Å². The Labute approximate surface area is 149 Å². The van der Waals surface area contributed by atoms with E-state index in [9.17, 15) is 4.79 Å². The van der Waals surface area contributed by atoms with Crippen molar-refractivity contribution in [2.24, 2.45) is 0 Å². The first-order chi connectivity index (χ1) is 10.2. The highest BCUT2D eigenvalue weighted by atomic mass is 35.5. The average molecular weight is 358 g/mol. The molecule has 0 atom stereocenters. The van der Waals surface area contributed by atoms with Gasteiger partial charge in [-0.2, -0.15) is 0 Å². The second kappa shape index (κ2) is 8.57. The fraction of sp³-hybridized carbons (Fsp3) is 0.471. The third kappa shape index (κ3) is 4.00. The van der Waals surface area contributed by atoms with Crippen LogP contribution in [-0.2, 0) is 13.0 Å². The van der Waals surface area contributed by atoms with Crippen molar-refractivity contribution in [2.45, 2.75) is 33.2 Å². The number of halogens is 2. The van der Waals surface area contributed by atoms with Crippen molar-refractivity contribution >= 4 is 41.4 Å². The lowest BCUT2D eigenvalue weighted by molar-refractivity contribution is 0.296. The highest BCUT2D eigenvalue weighted by molar-refractivity contribution is 5.93. The van der Waals surface area contributed by atoms with Crippen LogP contribution < -0.4 is 10.9 Å². The maximum absolute atomic E-state index is 12.2. The van der Waals surface area contributed by atoms with Crippen LogP contribution in [0.3, 0.4) is 0 Å². The van der Waals surface area contributed by atoms with E-state index >= 15 is 0 Å². The SMILES string of the molecule is CCN(CC)Cc1ccc2c3c(c(=O)[nH]c2c1)CCCN3.Cl.Cl. The number of aromatic amines is 1. The predicted octanol–water partition coefficient (Wildman–Crippen LogP) is 3.57. The summed E-state index contributed by atoms with van der Waals surface area (Å²) in [6.45, 7) is 8.30. The Kier molecular flexibility index (Phi) is 7.39. The van der Waals surface area contributed by atoms with E-state index in [1.165, 1.54) is 5.56 Å². The first-order valence-electron chi connectivity index (χ1n) is 7.87. The number of rotatable bonds is 4. The van der Waals surface area contributed by atoms with Gasteiger partial charge in [0, 0.05) is 24.0 Å². The van der Waals surface area contributed by atoms with E-state index in [1.54, 1.807) is 0 Å². The number of anilines is 1. The molecule has 1 aliphatic rings. The van der Waals surface area contributed by atoms with Crippen LogP contribution in [0, 0.1) is 0 Å². The number of fused-ring (bicyclic) bond motifs is 3. The standard InChI is InChI=1S/C17H23N3O.2ClH/c1-3-20(4-2)11-12-7-8-13-15(10-12)19-17(21)14-6-5-9-18-16(13)14;;/h7-8,10,18H,3-6,9,11H2,1-2H3,(H,19,21);2*1H. The van der Waals surface area contributed by atoms with Gasteiger partial charge in [-0.15, -0.1) is 24.8 Å². The molecule has 2 aromatic rings. The van der Waals surface area contributed by atoms with E-state index in [1.807, 2.05) is 0 Å². The topological polar surface area (TPSA) is 48.1 Å². The molecular weight excluding hydrogens is 333 g/mol. The fourth-order valence-electron chi connectivity index (χ4n) is 3.11. The number of benzene rings is 1. The highest BCUT2D eigenvalue weighted by Crippen LogP contribution is 2.28. The molecule has 2 heterocycles. The number of nitrogens with one attached hydrogen (secondary N) is 2. The molecule has 1 aliphatic heterocycles. The molecule has 0 saturated heterocycles. The molecule has 0 unspecified atom stereocenters. The molecule has 0 fully saturated rings. The van der Waals surface area contributed by atoms with Crippen LogP contribution in [0.1, 0.15) is 31.4 Å². The van der Waals surface area contributed by atoms with Gasteiger partial charge in [0.2, 0.25) is 0 Å². The molecular formula is C17H25Cl2N3O. The third-order valence-corrected chi connectivity index (χ3v) is 4.38. The zero-order valence-electron chi connectivity index (χ0n) is 13.6. The predicted molar refractivity (Wildman–Crippen MR) is 103 cm³/mol. The fourth-order valence-corrected chi connectivity index (χ4v) is 3.11. The van der Waals surface area contributed by atoms with Gasteiger partial charge >= 0.3 is 0 Å². The van der Waals surface area contributed by atoms with Crippen molar-refractivity contribution in [1.29, 1.82) is 0 Å². The summed E-state index contributed by atoms with van der Waals surface area (Å²) in [5.74, 6) is 0. The van der Waals surface area contributed by atoms with Crippen LogP contribution in [-0.4, -0.2) is 29.5 Å². The summed E-state index contributed by atoms with van der Waals surface area (Å²) in [7, 11) is 0. The quantitative estimate of drug-likeness (QED) is 0.879. The van der Waals surface area contributed by atoms with E-state index in [-0.39, 0.29) is 30.4 Å². The second-order valence-corrected chi connectivity index (χ2v) is 5.68. The van der Waals surface area contributed by atoms with Gasteiger partial charge in [0.05, 0.1) is 11.2 Å². The third-order valence-electron chi connectivity index (χ3n) is 4.38. The van der Waals surface area contributed by atoms with Gasteiger partial charge in [-0.3, -0.25) is 9.69 Å². The normalized spacial score (nSPS) is 13.0. The Hall–Kier alpha value is -1.23. The lowest BCUT2D eigenvalue weighted by atomic mass is 10.0. The number of hydrogen-bond donors (Lipinski definition) is 2. The van der Waals surface area contributed by atoms with Crippen LogP contribution in [0.5, 0.6) is 0 Å². The lowest BCUT2D eigenvalue weighted by Crippen LogP contribution is -2.23. The maximum Gasteiger partial charge on any atom is 0.253 e. The van der Waals surface area contributed by atoms with Gasteiger partial charge in [-0.1, -0.05) is 26.0 Å². The Balaban J connectivity index is 0.00000132. The molecule has 128 valence electrons. The minimum Gasteiger partial charge on any atom is -0.384 e. The summed E-state index contributed by atoms with van der Waals surface area (Å²) in [4.78, 5) is 17.6. The van der Waals surface area contributed by atoms with Crippen molar-refractivity contribution in [2.75, 3.05) is 25.0 Å². The highest BCUT2D eigenvalue weighted by Gasteiger charge is 2.16. The van der Waals surface area contributed by atoms with Crippen molar-refractivity contribution in [1.82, 2.24) is 9.88 Å². The molecule has 2 N–H and O–H groups in total. The number of H-pyrrole nitrogens is 1. The minimum absolute atomic E-state index is 0. The molecule has 1 aromatic heterocycles. The maximum atomic E-state index is 12.2. The molecule has 0 saturated carbocycles. The smallest absolute Gasteiger partial charge is 0.253 e. The van der Waals surface area contributed by atoms with Crippen LogP contribution in [0.2, 0.25) is 0 Å². The van der Waals surface area contributed by atoms with Crippen molar-refractivity contribution in [3.8, 4) is 0 Å². The van der Waals surface area contributed by atoms with E-state index in [2.05, 4.69) is 47.2 Å². The Morgan fingerprint density at radius 3 is 2.61 bits per heavy atom. The molecule has 23 heavy (non-hydrogen) atoms. The molecule has 0 amide bonds. The molecule has 3 rings (SSSR count). The zero-order valence-corrected chi connectivity index (χ0v) is 15.3. The van der Waals surface area contributed by atoms with Crippen molar-refractivity contribution in [3.05, 3.63) is 39.7 Å². The number of nitrogens with zero attached hydrogens (tertiary/aromatic N) is 1. The Morgan fingerprint density at radius 1 is 1.17 bits per heavy atom. The summed E-state index contributed by atoms with van der Waals surface area (Å²) >= 11 is 0. The lowest BCUT2D eigenvalue weighted by Gasteiger charge is -2.21. The van der Waals surface area contributed by atoms with Crippen LogP contribution in [0.4, 0.5) is 5.69 Å². The van der Waals surface area contributed by atoms with Crippen molar-refractivity contribution < 1.29 is 0 Å². The number of pyridine rings is 1. The number of hydrogen-bond acceptors (Lipinski definition) is 3. The first-order valence-corrected chi connectivity index (χ1v) is 7.87. The van der Waals surface area contributed by atoms with E-state index in [4.69, 9.17) is 0 Å². The summed E-state index contributed by atoms with van der Waals surface area (Å²) < 4.78 is 0. The monoisotopic (exact) mass is 357 g/mol. The molecule has 1 aromatic carbocycles. The van der Waals surface area contributed by atoms with Gasteiger partial charge in [0.1, 0.15) is 0 Å². The average Bonchev–Trinajstić information content (AvgIpc) is 2.52. The van der Waals surface area contributed by atoms with E-state index in [0.717, 1.165) is 61.2 Å². The van der Waals surface area contributed by atoms with Gasteiger partial charge in [-0.25, -0.2) is 0 Å². The number of aromatic nitrogens is 1. The Morgan fingerprint density at radius 2 is 1.91 bits per heavy atom. The molecule has 6 heteroatoms. The molecule has 4 nitrogen and oxygen atoms in total. The molecule has 0 bridgehead atoms. The summed E-state index contributed by atoms with van der Waals surface area (Å²) in [6, 6.07) is 6.43. The summed E-state index contributed by atoms with van der Waals surface area (Å²) in [6.07, 6.45) is 1.90. The summed E-state index contributed by atoms with van der Waals surface area (Å²) in [5, 5.41) is 4.53. The van der Waals surface area contributed by atoms with Crippen LogP contribution >= 0.6 is 24.8 Å². The van der Waals surface area contributed by atoms with Crippen LogP contribution in [0.15, 0.2) is 23.0 Å². The van der Waals surface area contributed by atoms with Crippen molar-refractivity contribution in [3.63, 3.8) is 0 Å².